The number of benzene rings is 3. The summed E-state index contributed by atoms with van der Waals surface area (Å²) in [6.07, 6.45) is 2.21. The van der Waals surface area contributed by atoms with E-state index in [-0.39, 0.29) is 36.4 Å². The van der Waals surface area contributed by atoms with Gasteiger partial charge < -0.3 is 20.7 Å². The minimum atomic E-state index is -3.56. The molecule has 44 heavy (non-hydrogen) atoms. The Morgan fingerprint density at radius 1 is 1.07 bits per heavy atom. The van der Waals surface area contributed by atoms with E-state index < -0.39 is 21.2 Å². The molecular weight excluding hydrogens is 578 g/mol. The fourth-order valence-electron chi connectivity index (χ4n) is 5.17. The Hall–Kier alpha value is -4.64. The number of hydrogen-bond acceptors (Lipinski definition) is 8. The van der Waals surface area contributed by atoms with Gasteiger partial charge >= 0.3 is 6.09 Å². The number of nitrogens with zero attached hydrogens (tertiary/aromatic N) is 2. The Bertz CT molecular complexity index is 1810. The van der Waals surface area contributed by atoms with Crippen LogP contribution in [0, 0.1) is 6.92 Å². The van der Waals surface area contributed by atoms with Gasteiger partial charge in [-0.2, -0.15) is 0 Å². The first-order valence-corrected chi connectivity index (χ1v) is 16.1. The smallest absolute Gasteiger partial charge is 0.411 e. The lowest BCUT2D eigenvalue weighted by molar-refractivity contribution is -0.128. The number of amides is 2. The lowest BCUT2D eigenvalue weighted by Gasteiger charge is -2.21. The van der Waals surface area contributed by atoms with Gasteiger partial charge in [0.15, 0.2) is 9.84 Å². The zero-order valence-corrected chi connectivity index (χ0v) is 25.9. The summed E-state index contributed by atoms with van der Waals surface area (Å²) in [4.78, 5) is 31.5. The molecule has 1 atom stereocenters. The van der Waals surface area contributed by atoms with Crippen LogP contribution in [0.15, 0.2) is 77.8 Å². The summed E-state index contributed by atoms with van der Waals surface area (Å²) in [7, 11) is -1.94. The number of nitrogen functional groups attached to an aromatic ring is 1. The second-order valence-electron chi connectivity index (χ2n) is 11.3. The summed E-state index contributed by atoms with van der Waals surface area (Å²) in [5.41, 5.74) is 9.70. The van der Waals surface area contributed by atoms with E-state index >= 15 is 0 Å². The molecule has 0 radical (unpaired) electrons. The number of ether oxygens (including phenoxy) is 1. The maximum absolute atomic E-state index is 13.2. The average Bonchev–Trinajstić information content (AvgIpc) is 3.86. The molecule has 11 heteroatoms. The molecule has 1 aromatic heterocycles. The van der Waals surface area contributed by atoms with Gasteiger partial charge in [0.05, 0.1) is 23.3 Å². The molecule has 3 aromatic carbocycles. The number of likely N-dealkylation sites (N-methyl/N-ethyl adjacent to an activating group) is 1. The number of nitrogens with one attached hydrogen (secondary N) is 2. The van der Waals surface area contributed by atoms with E-state index in [4.69, 9.17) is 10.5 Å². The van der Waals surface area contributed by atoms with Crippen molar-refractivity contribution in [1.82, 2.24) is 9.88 Å². The van der Waals surface area contributed by atoms with E-state index in [0.29, 0.717) is 29.9 Å². The van der Waals surface area contributed by atoms with Gasteiger partial charge in [-0.1, -0.05) is 31.2 Å². The summed E-state index contributed by atoms with van der Waals surface area (Å²) in [6, 6.07) is 20.0. The fourth-order valence-corrected chi connectivity index (χ4v) is 7.03. The van der Waals surface area contributed by atoms with Gasteiger partial charge in [-0.3, -0.25) is 10.1 Å². The topological polar surface area (TPSA) is 144 Å². The monoisotopic (exact) mass is 615 g/mol. The first kappa shape index (κ1) is 30.8. The summed E-state index contributed by atoms with van der Waals surface area (Å²) in [5.74, 6) is 0.197. The second-order valence-corrected chi connectivity index (χ2v) is 13.5. The number of anilines is 3. The van der Waals surface area contributed by atoms with Crippen molar-refractivity contribution in [2.24, 2.45) is 0 Å². The van der Waals surface area contributed by atoms with Gasteiger partial charge in [0, 0.05) is 42.5 Å². The van der Waals surface area contributed by atoms with E-state index in [1.165, 1.54) is 11.0 Å². The molecule has 1 fully saturated rings. The summed E-state index contributed by atoms with van der Waals surface area (Å²) in [5, 5.41) is 7.13. The van der Waals surface area contributed by atoms with Crippen molar-refractivity contribution in [2.75, 3.05) is 36.6 Å². The molecule has 4 aromatic rings. The Morgan fingerprint density at radius 2 is 1.82 bits per heavy atom. The predicted molar refractivity (Wildman–Crippen MR) is 172 cm³/mol. The molecular formula is C33H37N5O5S. The Balaban J connectivity index is 1.25. The summed E-state index contributed by atoms with van der Waals surface area (Å²) < 4.78 is 32.0. The molecule has 1 aliphatic rings. The maximum atomic E-state index is 13.2. The van der Waals surface area contributed by atoms with E-state index in [9.17, 15) is 18.0 Å². The molecule has 0 bridgehead atoms. The third-order valence-electron chi connectivity index (χ3n) is 7.83. The number of rotatable bonds is 11. The Kier molecular flexibility index (Phi) is 9.05. The number of pyridine rings is 1. The predicted octanol–water partition coefficient (Wildman–Crippen LogP) is 5.48. The molecule has 1 unspecified atom stereocenters. The molecule has 230 valence electrons. The lowest BCUT2D eigenvalue weighted by Crippen LogP contribution is -2.32. The highest BCUT2D eigenvalue weighted by molar-refractivity contribution is 7.92. The molecule has 1 saturated carbocycles. The largest absolute Gasteiger partial charge is 0.449 e. The second kappa shape index (κ2) is 12.9. The SMILES string of the molecule is Cc1ccccc1C(C)COC(=O)Nc1ccc(S(=O)(=O)C2CC2)c(CN(C)C(=O)CNc2ccc3c(N)nccc3c2)c1. The number of aromatic nitrogens is 1. The number of nitrogens with two attached hydrogens (primary N) is 1. The molecule has 10 nitrogen and oxygen atoms in total. The number of carbonyl (C=O) groups excluding carboxylic acids is 2. The third kappa shape index (κ3) is 7.11. The number of hydrogen-bond donors (Lipinski definition) is 3. The number of fused-ring (bicyclic) bond motifs is 1. The summed E-state index contributed by atoms with van der Waals surface area (Å²) in [6.45, 7) is 4.22. The molecule has 2 amide bonds. The minimum Gasteiger partial charge on any atom is -0.449 e. The van der Waals surface area contributed by atoms with Gasteiger partial charge in [0.1, 0.15) is 5.82 Å². The van der Waals surface area contributed by atoms with Crippen molar-refractivity contribution < 1.29 is 22.7 Å². The molecule has 4 N–H and O–H groups in total. The van der Waals surface area contributed by atoms with Crippen molar-refractivity contribution in [3.05, 3.63) is 89.6 Å². The molecule has 5 rings (SSSR count). The van der Waals surface area contributed by atoms with Crippen molar-refractivity contribution in [3.8, 4) is 0 Å². The van der Waals surface area contributed by atoms with E-state index in [0.717, 1.165) is 27.6 Å². The minimum absolute atomic E-state index is 0.00147. The fraction of sp³-hybridized carbons (Fsp3) is 0.303. The van der Waals surface area contributed by atoms with E-state index in [1.54, 1.807) is 25.4 Å². The molecule has 1 aliphatic carbocycles. The van der Waals surface area contributed by atoms with Crippen molar-refractivity contribution in [2.45, 2.75) is 49.3 Å². The Morgan fingerprint density at radius 3 is 2.57 bits per heavy atom. The van der Waals surface area contributed by atoms with Crippen molar-refractivity contribution in [1.29, 1.82) is 0 Å². The quantitative estimate of drug-likeness (QED) is 0.201. The van der Waals surface area contributed by atoms with Gasteiger partial charge in [0.25, 0.3) is 0 Å². The van der Waals surface area contributed by atoms with Crippen LogP contribution in [0.1, 0.15) is 42.4 Å². The van der Waals surface area contributed by atoms with Crippen LogP contribution in [-0.2, 0) is 25.9 Å². The Labute approximate surface area is 257 Å². The highest BCUT2D eigenvalue weighted by atomic mass is 32.2. The average molecular weight is 616 g/mol. The van der Waals surface area contributed by atoms with Gasteiger partial charge in [-0.15, -0.1) is 0 Å². The first-order valence-electron chi connectivity index (χ1n) is 14.5. The number of sulfone groups is 1. The zero-order valence-electron chi connectivity index (χ0n) is 25.0. The van der Waals surface area contributed by atoms with Crippen LogP contribution in [-0.4, -0.2) is 55.8 Å². The number of carbonyl (C=O) groups is 2. The number of aryl methyl sites for hydroxylation is 1. The van der Waals surface area contributed by atoms with Crippen LogP contribution in [0.4, 0.5) is 22.0 Å². The molecule has 0 saturated heterocycles. The van der Waals surface area contributed by atoms with Crippen LogP contribution in [0.5, 0.6) is 0 Å². The van der Waals surface area contributed by atoms with Crippen LogP contribution < -0.4 is 16.4 Å². The van der Waals surface area contributed by atoms with Crippen LogP contribution in [0.3, 0.4) is 0 Å². The summed E-state index contributed by atoms with van der Waals surface area (Å²) >= 11 is 0. The normalized spacial score (nSPS) is 13.7. The first-order chi connectivity index (χ1) is 21.0. The van der Waals surface area contributed by atoms with Gasteiger partial charge in [-0.25, -0.2) is 18.2 Å². The van der Waals surface area contributed by atoms with Crippen LogP contribution >= 0.6 is 0 Å². The highest BCUT2D eigenvalue weighted by Gasteiger charge is 2.38. The zero-order chi connectivity index (χ0) is 31.4. The standard InChI is InChI=1S/C33H37N5O5S/c1-21-6-4-5-7-28(21)22(2)20-43-33(40)37-26-9-13-30(44(41,42)27-10-11-27)24(17-26)19-38(3)31(39)18-36-25-8-12-29-23(16-25)14-15-35-32(29)34/h4-9,12-17,22,27,36H,10-11,18-20H2,1-3H3,(H2,34,35)(H,37,40). The van der Waals surface area contributed by atoms with Gasteiger partial charge in [0.2, 0.25) is 5.91 Å². The van der Waals surface area contributed by atoms with Crippen LogP contribution in [0.25, 0.3) is 10.8 Å². The lowest BCUT2D eigenvalue weighted by atomic mass is 9.97. The third-order valence-corrected chi connectivity index (χ3v) is 10.2. The van der Waals surface area contributed by atoms with Crippen molar-refractivity contribution >= 4 is 49.8 Å². The van der Waals surface area contributed by atoms with Crippen molar-refractivity contribution in [3.63, 3.8) is 0 Å². The van der Waals surface area contributed by atoms with E-state index in [2.05, 4.69) is 15.6 Å². The van der Waals surface area contributed by atoms with Gasteiger partial charge in [-0.05, 0) is 84.3 Å². The van der Waals surface area contributed by atoms with E-state index in [1.807, 2.05) is 62.4 Å². The van der Waals surface area contributed by atoms with Crippen LogP contribution in [0.2, 0.25) is 0 Å². The molecule has 0 aliphatic heterocycles. The maximum Gasteiger partial charge on any atom is 0.411 e. The molecule has 0 spiro atoms. The molecule has 1 heterocycles. The highest BCUT2D eigenvalue weighted by Crippen LogP contribution is 2.36.